The van der Waals surface area contributed by atoms with Crippen LogP contribution in [0.4, 0.5) is 5.69 Å². The Morgan fingerprint density at radius 3 is 2.52 bits per heavy atom. The van der Waals surface area contributed by atoms with Crippen molar-refractivity contribution in [1.29, 1.82) is 0 Å². The molecule has 0 aliphatic heterocycles. The second-order valence-corrected chi connectivity index (χ2v) is 7.08. The average Bonchev–Trinajstić information content (AvgIpc) is 2.51. The van der Waals surface area contributed by atoms with Gasteiger partial charge in [-0.05, 0) is 49.2 Å². The predicted octanol–water partition coefficient (Wildman–Crippen LogP) is 3.54. The van der Waals surface area contributed by atoms with Gasteiger partial charge in [-0.15, -0.1) is 0 Å². The summed E-state index contributed by atoms with van der Waals surface area (Å²) in [5.41, 5.74) is 1.85. The van der Waals surface area contributed by atoms with Crippen molar-refractivity contribution in [1.82, 2.24) is 0 Å². The minimum Gasteiger partial charge on any atom is -0.465 e. The maximum Gasteiger partial charge on any atom is 0.338 e. The number of carbonyl (C=O) groups excluding carboxylic acids is 1. The van der Waals surface area contributed by atoms with Crippen LogP contribution in [0.3, 0.4) is 0 Å². The van der Waals surface area contributed by atoms with Gasteiger partial charge in [0.05, 0.1) is 23.3 Å². The highest BCUT2D eigenvalue weighted by molar-refractivity contribution is 7.92. The molecule has 2 aromatic rings. The molecule has 0 saturated heterocycles. The van der Waals surface area contributed by atoms with Crippen LogP contribution in [0.1, 0.15) is 21.5 Å². The fourth-order valence-corrected chi connectivity index (χ4v) is 3.34. The summed E-state index contributed by atoms with van der Waals surface area (Å²) in [5.74, 6) is -0.585. The van der Waals surface area contributed by atoms with Crippen LogP contribution in [0, 0.1) is 13.8 Å². The lowest BCUT2D eigenvalue weighted by Crippen LogP contribution is -2.15. The molecule has 0 aliphatic rings. The number of hydrogen-bond donors (Lipinski definition) is 1. The van der Waals surface area contributed by atoms with Crippen molar-refractivity contribution in [2.45, 2.75) is 18.7 Å². The summed E-state index contributed by atoms with van der Waals surface area (Å²) >= 11 is 6.00. The normalized spacial score (nSPS) is 11.1. The lowest BCUT2D eigenvalue weighted by Gasteiger charge is -2.13. The van der Waals surface area contributed by atoms with E-state index in [1.807, 2.05) is 0 Å². The maximum atomic E-state index is 12.5. The molecule has 0 atom stereocenters. The number of nitrogens with one attached hydrogen (secondary N) is 1. The lowest BCUT2D eigenvalue weighted by molar-refractivity contribution is 0.0599. The zero-order valence-electron chi connectivity index (χ0n) is 12.9. The minimum absolute atomic E-state index is 0.0251. The van der Waals surface area contributed by atoms with Crippen LogP contribution in [0.15, 0.2) is 41.3 Å². The topological polar surface area (TPSA) is 72.5 Å². The van der Waals surface area contributed by atoms with Gasteiger partial charge in [-0.25, -0.2) is 13.2 Å². The van der Waals surface area contributed by atoms with Gasteiger partial charge in [-0.3, -0.25) is 4.72 Å². The van der Waals surface area contributed by atoms with Crippen molar-refractivity contribution in [3.05, 3.63) is 58.1 Å². The number of rotatable bonds is 4. The molecule has 1 N–H and O–H groups in total. The van der Waals surface area contributed by atoms with Crippen LogP contribution in [-0.4, -0.2) is 21.5 Å². The fourth-order valence-electron chi connectivity index (χ4n) is 2.02. The zero-order chi connectivity index (χ0) is 17.2. The van der Waals surface area contributed by atoms with Crippen LogP contribution in [0.5, 0.6) is 0 Å². The number of anilines is 1. The van der Waals surface area contributed by atoms with E-state index in [4.69, 9.17) is 11.6 Å². The van der Waals surface area contributed by atoms with E-state index < -0.39 is 16.0 Å². The number of hydrogen-bond acceptors (Lipinski definition) is 4. The molecule has 0 amide bonds. The summed E-state index contributed by atoms with van der Waals surface area (Å²) in [4.78, 5) is 11.7. The van der Waals surface area contributed by atoms with E-state index in [1.165, 1.54) is 19.2 Å². The first-order valence-electron chi connectivity index (χ1n) is 6.73. The van der Waals surface area contributed by atoms with E-state index >= 15 is 0 Å². The van der Waals surface area contributed by atoms with Crippen molar-refractivity contribution in [3.63, 3.8) is 0 Å². The van der Waals surface area contributed by atoms with Crippen molar-refractivity contribution >= 4 is 33.3 Å². The Labute approximate surface area is 140 Å². The van der Waals surface area contributed by atoms with Gasteiger partial charge < -0.3 is 4.74 Å². The van der Waals surface area contributed by atoms with E-state index in [1.54, 1.807) is 38.1 Å². The van der Waals surface area contributed by atoms with E-state index in [-0.39, 0.29) is 10.5 Å². The number of aryl methyl sites for hydroxylation is 1. The molecule has 122 valence electrons. The third-order valence-electron chi connectivity index (χ3n) is 3.44. The molecular formula is C16H16ClNO4S. The molecule has 5 nitrogen and oxygen atoms in total. The number of sulfonamides is 1. The number of ether oxygens (including phenoxy) is 1. The number of halogens is 1. The Balaban J connectivity index is 2.44. The summed E-state index contributed by atoms with van der Waals surface area (Å²) in [7, 11) is -2.60. The zero-order valence-corrected chi connectivity index (χ0v) is 14.5. The van der Waals surface area contributed by atoms with E-state index in [2.05, 4.69) is 9.46 Å². The Kier molecular flexibility index (Phi) is 4.97. The third kappa shape index (κ3) is 3.65. The quantitative estimate of drug-likeness (QED) is 0.853. The molecule has 2 aromatic carbocycles. The molecule has 0 saturated carbocycles. The Bertz CT molecular complexity index is 862. The standard InChI is InChI=1S/C16H16ClNO4S/c1-10-7-8-12(9-13(10)16(19)22-3)23(20,21)18-15-6-4-5-14(17)11(15)2/h4-9,18H,1-3H3. The lowest BCUT2D eigenvalue weighted by atomic mass is 10.1. The SMILES string of the molecule is COC(=O)c1cc(S(=O)(=O)Nc2cccc(Cl)c2C)ccc1C. The van der Waals surface area contributed by atoms with Crippen molar-refractivity contribution in [2.75, 3.05) is 11.8 Å². The molecule has 0 bridgehead atoms. The summed E-state index contributed by atoms with van der Waals surface area (Å²) in [5, 5.41) is 0.462. The molecule has 0 heterocycles. The van der Waals surface area contributed by atoms with Crippen molar-refractivity contribution in [2.24, 2.45) is 0 Å². The van der Waals surface area contributed by atoms with Gasteiger partial charge in [0, 0.05) is 5.02 Å². The summed E-state index contributed by atoms with van der Waals surface area (Å²) in [6, 6.07) is 9.24. The molecule has 0 fully saturated rings. The van der Waals surface area contributed by atoms with E-state index in [0.717, 1.165) is 0 Å². The molecule has 0 aromatic heterocycles. The smallest absolute Gasteiger partial charge is 0.338 e. The Morgan fingerprint density at radius 2 is 1.87 bits per heavy atom. The molecular weight excluding hydrogens is 338 g/mol. The summed E-state index contributed by atoms with van der Waals surface area (Å²) < 4.78 is 32.2. The molecule has 2 rings (SSSR count). The minimum atomic E-state index is -3.85. The first-order valence-corrected chi connectivity index (χ1v) is 8.59. The summed E-state index contributed by atoms with van der Waals surface area (Å²) in [6.45, 7) is 3.42. The molecule has 0 unspecified atom stereocenters. The van der Waals surface area contributed by atoms with E-state index in [0.29, 0.717) is 21.8 Å². The first kappa shape index (κ1) is 17.3. The molecule has 7 heteroatoms. The Morgan fingerprint density at radius 1 is 1.17 bits per heavy atom. The van der Waals surface area contributed by atoms with Gasteiger partial charge in [-0.2, -0.15) is 0 Å². The number of benzene rings is 2. The monoisotopic (exact) mass is 353 g/mol. The molecule has 0 spiro atoms. The fraction of sp³-hybridized carbons (Fsp3) is 0.188. The highest BCUT2D eigenvalue weighted by Gasteiger charge is 2.19. The number of esters is 1. The van der Waals surface area contributed by atoms with Crippen LogP contribution in [0.2, 0.25) is 5.02 Å². The van der Waals surface area contributed by atoms with Crippen LogP contribution in [-0.2, 0) is 14.8 Å². The van der Waals surface area contributed by atoms with Gasteiger partial charge >= 0.3 is 5.97 Å². The van der Waals surface area contributed by atoms with Gasteiger partial charge in [-0.1, -0.05) is 23.7 Å². The van der Waals surface area contributed by atoms with Gasteiger partial charge in [0.2, 0.25) is 0 Å². The van der Waals surface area contributed by atoms with Crippen LogP contribution < -0.4 is 4.72 Å². The highest BCUT2D eigenvalue weighted by Crippen LogP contribution is 2.26. The second kappa shape index (κ2) is 6.60. The second-order valence-electron chi connectivity index (χ2n) is 4.99. The molecule has 0 radical (unpaired) electrons. The number of carbonyl (C=O) groups is 1. The van der Waals surface area contributed by atoms with Crippen molar-refractivity contribution < 1.29 is 17.9 Å². The van der Waals surface area contributed by atoms with Gasteiger partial charge in [0.25, 0.3) is 10.0 Å². The molecule has 0 aliphatic carbocycles. The van der Waals surface area contributed by atoms with Gasteiger partial charge in [0.15, 0.2) is 0 Å². The average molecular weight is 354 g/mol. The maximum absolute atomic E-state index is 12.5. The summed E-state index contributed by atoms with van der Waals surface area (Å²) in [6.07, 6.45) is 0. The predicted molar refractivity (Wildman–Crippen MR) is 89.5 cm³/mol. The van der Waals surface area contributed by atoms with E-state index in [9.17, 15) is 13.2 Å². The van der Waals surface area contributed by atoms with Crippen LogP contribution in [0.25, 0.3) is 0 Å². The Hall–Kier alpha value is -2.05. The van der Waals surface area contributed by atoms with Gasteiger partial charge in [0.1, 0.15) is 0 Å². The number of methoxy groups -OCH3 is 1. The first-order chi connectivity index (χ1) is 10.8. The highest BCUT2D eigenvalue weighted by atomic mass is 35.5. The van der Waals surface area contributed by atoms with Crippen molar-refractivity contribution in [3.8, 4) is 0 Å². The van der Waals surface area contributed by atoms with Crippen LogP contribution >= 0.6 is 11.6 Å². The third-order valence-corrected chi connectivity index (χ3v) is 5.21. The molecule has 23 heavy (non-hydrogen) atoms. The largest absolute Gasteiger partial charge is 0.465 e.